The number of para-hydroxylation sites is 2. The molecule has 0 radical (unpaired) electrons. The predicted octanol–water partition coefficient (Wildman–Crippen LogP) is 4.00. The summed E-state index contributed by atoms with van der Waals surface area (Å²) in [5.41, 5.74) is 1.42. The van der Waals surface area contributed by atoms with Crippen molar-refractivity contribution in [2.45, 2.75) is 4.90 Å². The van der Waals surface area contributed by atoms with Crippen molar-refractivity contribution >= 4 is 43.2 Å². The number of rotatable bonds is 7. The molecule has 4 rings (SSSR count). The first-order chi connectivity index (χ1) is 16.4. The van der Waals surface area contributed by atoms with Crippen LogP contribution in [0, 0.1) is 0 Å². The van der Waals surface area contributed by atoms with E-state index in [4.69, 9.17) is 4.74 Å². The molecule has 1 aliphatic heterocycles. The standard InChI is InChI=1S/C25H26BrN3O4S/c1-33-24-10-6-5-9-23(24)27-15-17-28(18-16-27)25(30)19-29(21-13-11-20(26)12-14-21)34(31,32)22-7-3-2-4-8-22/h2-14H,15-19H2,1H3. The van der Waals surface area contributed by atoms with Crippen molar-refractivity contribution in [1.29, 1.82) is 0 Å². The molecule has 0 atom stereocenters. The second-order valence-electron chi connectivity index (χ2n) is 7.84. The Balaban J connectivity index is 1.52. The smallest absolute Gasteiger partial charge is 0.264 e. The Hall–Kier alpha value is -3.04. The van der Waals surface area contributed by atoms with Gasteiger partial charge in [0.1, 0.15) is 12.3 Å². The Bertz CT molecular complexity index is 1230. The third kappa shape index (κ3) is 5.20. The number of carbonyl (C=O) groups is 1. The van der Waals surface area contributed by atoms with E-state index in [2.05, 4.69) is 20.8 Å². The summed E-state index contributed by atoms with van der Waals surface area (Å²) in [6.45, 7) is 1.99. The predicted molar refractivity (Wildman–Crippen MR) is 137 cm³/mol. The van der Waals surface area contributed by atoms with Crippen LogP contribution in [0.4, 0.5) is 11.4 Å². The normalized spacial score (nSPS) is 14.1. The SMILES string of the molecule is COc1ccccc1N1CCN(C(=O)CN(c2ccc(Br)cc2)S(=O)(=O)c2ccccc2)CC1. The molecule has 0 saturated carbocycles. The van der Waals surface area contributed by atoms with Crippen LogP contribution in [0.25, 0.3) is 0 Å². The number of benzene rings is 3. The second-order valence-corrected chi connectivity index (χ2v) is 10.6. The molecule has 1 saturated heterocycles. The van der Waals surface area contributed by atoms with Gasteiger partial charge in [0.2, 0.25) is 5.91 Å². The lowest BCUT2D eigenvalue weighted by molar-refractivity contribution is -0.129. The molecule has 7 nitrogen and oxygen atoms in total. The molecular weight excluding hydrogens is 518 g/mol. The average molecular weight is 544 g/mol. The number of anilines is 2. The Labute approximate surface area is 208 Å². The maximum absolute atomic E-state index is 13.5. The summed E-state index contributed by atoms with van der Waals surface area (Å²) in [6, 6.07) is 22.9. The van der Waals surface area contributed by atoms with Crippen LogP contribution in [-0.2, 0) is 14.8 Å². The van der Waals surface area contributed by atoms with E-state index in [1.54, 1.807) is 54.5 Å². The summed E-state index contributed by atoms with van der Waals surface area (Å²) >= 11 is 3.38. The number of nitrogens with zero attached hydrogens (tertiary/aromatic N) is 3. The Kier molecular flexibility index (Phi) is 7.43. The van der Waals surface area contributed by atoms with Gasteiger partial charge in [0, 0.05) is 30.7 Å². The largest absolute Gasteiger partial charge is 0.495 e. The number of methoxy groups -OCH3 is 1. The van der Waals surface area contributed by atoms with Crippen LogP contribution in [-0.4, -0.2) is 59.1 Å². The molecule has 0 unspecified atom stereocenters. The van der Waals surface area contributed by atoms with Crippen LogP contribution in [0.2, 0.25) is 0 Å². The maximum atomic E-state index is 13.5. The summed E-state index contributed by atoms with van der Waals surface area (Å²) in [6.07, 6.45) is 0. The van der Waals surface area contributed by atoms with Crippen molar-refractivity contribution in [3.05, 3.63) is 83.3 Å². The summed E-state index contributed by atoms with van der Waals surface area (Å²) in [5.74, 6) is 0.555. The third-order valence-electron chi connectivity index (χ3n) is 5.78. The van der Waals surface area contributed by atoms with E-state index in [0.717, 1.165) is 15.9 Å². The molecule has 0 bridgehead atoms. The molecule has 1 heterocycles. The van der Waals surface area contributed by atoms with E-state index >= 15 is 0 Å². The highest BCUT2D eigenvalue weighted by molar-refractivity contribution is 9.10. The Morgan fingerprint density at radius 1 is 0.912 bits per heavy atom. The van der Waals surface area contributed by atoms with Gasteiger partial charge in [-0.3, -0.25) is 9.10 Å². The van der Waals surface area contributed by atoms with Crippen LogP contribution < -0.4 is 13.9 Å². The molecule has 0 spiro atoms. The van der Waals surface area contributed by atoms with Crippen molar-refractivity contribution in [2.75, 3.05) is 49.0 Å². The van der Waals surface area contributed by atoms with E-state index in [9.17, 15) is 13.2 Å². The zero-order valence-corrected chi connectivity index (χ0v) is 21.2. The third-order valence-corrected chi connectivity index (χ3v) is 8.10. The minimum absolute atomic E-state index is 0.145. The van der Waals surface area contributed by atoms with Crippen molar-refractivity contribution < 1.29 is 17.9 Å². The lowest BCUT2D eigenvalue weighted by Gasteiger charge is -2.37. The molecule has 3 aromatic carbocycles. The molecular formula is C25H26BrN3O4S. The monoisotopic (exact) mass is 543 g/mol. The molecule has 1 amide bonds. The van der Waals surface area contributed by atoms with Crippen molar-refractivity contribution in [1.82, 2.24) is 4.90 Å². The van der Waals surface area contributed by atoms with E-state index in [-0.39, 0.29) is 17.3 Å². The number of hydrogen-bond donors (Lipinski definition) is 0. The van der Waals surface area contributed by atoms with Gasteiger partial charge in [0.15, 0.2) is 0 Å². The zero-order chi connectivity index (χ0) is 24.1. The number of piperazine rings is 1. The Morgan fingerprint density at radius 3 is 2.18 bits per heavy atom. The maximum Gasteiger partial charge on any atom is 0.264 e. The van der Waals surface area contributed by atoms with Gasteiger partial charge in [-0.2, -0.15) is 0 Å². The first kappa shape index (κ1) is 24.1. The molecule has 9 heteroatoms. The molecule has 3 aromatic rings. The fraction of sp³-hybridized carbons (Fsp3) is 0.240. The first-order valence-electron chi connectivity index (χ1n) is 10.9. The topological polar surface area (TPSA) is 70.2 Å². The minimum atomic E-state index is -3.92. The van der Waals surface area contributed by atoms with Crippen molar-refractivity contribution in [3.63, 3.8) is 0 Å². The van der Waals surface area contributed by atoms with Crippen LogP contribution in [0.15, 0.2) is 88.2 Å². The number of hydrogen-bond acceptors (Lipinski definition) is 5. The van der Waals surface area contributed by atoms with Gasteiger partial charge >= 0.3 is 0 Å². The van der Waals surface area contributed by atoms with Crippen LogP contribution in [0.3, 0.4) is 0 Å². The highest BCUT2D eigenvalue weighted by Crippen LogP contribution is 2.29. The van der Waals surface area contributed by atoms with E-state index in [1.807, 2.05) is 24.3 Å². The van der Waals surface area contributed by atoms with Gasteiger partial charge in [-0.05, 0) is 48.5 Å². The molecule has 0 aromatic heterocycles. The number of ether oxygens (including phenoxy) is 1. The van der Waals surface area contributed by atoms with E-state index in [0.29, 0.717) is 31.9 Å². The van der Waals surface area contributed by atoms with Gasteiger partial charge < -0.3 is 14.5 Å². The van der Waals surface area contributed by atoms with Gasteiger partial charge in [0.05, 0.1) is 23.4 Å². The highest BCUT2D eigenvalue weighted by Gasteiger charge is 2.30. The number of carbonyl (C=O) groups excluding carboxylic acids is 1. The fourth-order valence-corrected chi connectivity index (χ4v) is 5.65. The van der Waals surface area contributed by atoms with E-state index in [1.165, 1.54) is 16.4 Å². The van der Waals surface area contributed by atoms with Gasteiger partial charge in [0.25, 0.3) is 10.0 Å². The second kappa shape index (κ2) is 10.5. The Morgan fingerprint density at radius 2 is 1.53 bits per heavy atom. The average Bonchev–Trinajstić information content (AvgIpc) is 2.88. The van der Waals surface area contributed by atoms with Gasteiger partial charge in [-0.25, -0.2) is 8.42 Å². The highest BCUT2D eigenvalue weighted by atomic mass is 79.9. The molecule has 0 aliphatic carbocycles. The van der Waals surface area contributed by atoms with Crippen molar-refractivity contribution in [3.8, 4) is 5.75 Å². The van der Waals surface area contributed by atoms with Gasteiger partial charge in [-0.1, -0.05) is 46.3 Å². The fourth-order valence-electron chi connectivity index (χ4n) is 3.95. The molecule has 34 heavy (non-hydrogen) atoms. The van der Waals surface area contributed by atoms with Gasteiger partial charge in [-0.15, -0.1) is 0 Å². The summed E-state index contributed by atoms with van der Waals surface area (Å²) in [7, 11) is -2.28. The van der Waals surface area contributed by atoms with Crippen LogP contribution >= 0.6 is 15.9 Å². The lowest BCUT2D eigenvalue weighted by atomic mass is 10.2. The number of amides is 1. The summed E-state index contributed by atoms with van der Waals surface area (Å²) in [4.78, 5) is 17.3. The zero-order valence-electron chi connectivity index (χ0n) is 18.8. The van der Waals surface area contributed by atoms with Crippen molar-refractivity contribution in [2.24, 2.45) is 0 Å². The minimum Gasteiger partial charge on any atom is -0.495 e. The molecule has 0 N–H and O–H groups in total. The molecule has 1 fully saturated rings. The molecule has 178 valence electrons. The van der Waals surface area contributed by atoms with Crippen LogP contribution in [0.5, 0.6) is 5.75 Å². The number of sulfonamides is 1. The lowest BCUT2D eigenvalue weighted by Crippen LogP contribution is -2.52. The first-order valence-corrected chi connectivity index (χ1v) is 13.1. The van der Waals surface area contributed by atoms with E-state index < -0.39 is 10.0 Å². The number of halogens is 1. The summed E-state index contributed by atoms with van der Waals surface area (Å²) < 4.78 is 34.4. The van der Waals surface area contributed by atoms with Crippen LogP contribution in [0.1, 0.15) is 0 Å². The molecule has 1 aliphatic rings. The quantitative estimate of drug-likeness (QED) is 0.450. The summed E-state index contributed by atoms with van der Waals surface area (Å²) in [5, 5.41) is 0.